The highest BCUT2D eigenvalue weighted by atomic mass is 16.1. The van der Waals surface area contributed by atoms with Crippen LogP contribution in [0.2, 0.25) is 0 Å². The average Bonchev–Trinajstić information content (AvgIpc) is 2.25. The minimum Gasteiger partial charge on any atom is -0.399 e. The predicted octanol–water partition coefficient (Wildman–Crippen LogP) is 2.83. The monoisotopic (exact) mass is 246 g/mol. The van der Waals surface area contributed by atoms with Crippen LogP contribution in [-0.4, -0.2) is 11.9 Å². The smallest absolute Gasteiger partial charge is 0.244 e. The molecule has 0 aliphatic rings. The Morgan fingerprint density at radius 3 is 2.61 bits per heavy atom. The molecular formula is C15H22N2O. The summed E-state index contributed by atoms with van der Waals surface area (Å²) >= 11 is 0. The lowest BCUT2D eigenvalue weighted by Gasteiger charge is -2.27. The van der Waals surface area contributed by atoms with E-state index < -0.39 is 0 Å². The van der Waals surface area contributed by atoms with E-state index in [1.807, 2.05) is 31.2 Å². The van der Waals surface area contributed by atoms with Crippen molar-refractivity contribution in [2.45, 2.75) is 33.7 Å². The number of hydrogen-bond donors (Lipinski definition) is 2. The Kier molecular flexibility index (Phi) is 4.54. The number of rotatable bonds is 3. The Hall–Kier alpha value is -1.77. The largest absolute Gasteiger partial charge is 0.399 e. The molecule has 1 rings (SSSR count). The van der Waals surface area contributed by atoms with Gasteiger partial charge in [0.25, 0.3) is 0 Å². The van der Waals surface area contributed by atoms with Gasteiger partial charge in [-0.15, -0.1) is 0 Å². The van der Waals surface area contributed by atoms with Crippen molar-refractivity contribution in [3.8, 4) is 0 Å². The number of anilines is 1. The summed E-state index contributed by atoms with van der Waals surface area (Å²) in [5.74, 6) is -0.0835. The van der Waals surface area contributed by atoms with Crippen LogP contribution in [0.15, 0.2) is 30.3 Å². The Labute approximate surface area is 109 Å². The first-order valence-electron chi connectivity index (χ1n) is 6.13. The normalized spacial score (nSPS) is 13.6. The van der Waals surface area contributed by atoms with Gasteiger partial charge in [0.1, 0.15) is 0 Å². The summed E-state index contributed by atoms with van der Waals surface area (Å²) in [5, 5.41) is 2.95. The molecule has 0 heterocycles. The van der Waals surface area contributed by atoms with E-state index >= 15 is 0 Å². The van der Waals surface area contributed by atoms with Crippen molar-refractivity contribution >= 4 is 17.7 Å². The lowest BCUT2D eigenvalue weighted by molar-refractivity contribution is -0.117. The molecule has 1 amide bonds. The van der Waals surface area contributed by atoms with Gasteiger partial charge in [-0.2, -0.15) is 0 Å². The van der Waals surface area contributed by atoms with Gasteiger partial charge in [0.05, 0.1) is 0 Å². The molecule has 0 fully saturated rings. The zero-order valence-corrected chi connectivity index (χ0v) is 11.5. The summed E-state index contributed by atoms with van der Waals surface area (Å²) in [6, 6.07) is 7.55. The number of carbonyl (C=O) groups excluding carboxylic acids is 1. The van der Waals surface area contributed by atoms with Crippen LogP contribution in [0.25, 0.3) is 6.08 Å². The molecule has 0 saturated carbocycles. The topological polar surface area (TPSA) is 55.1 Å². The molecule has 98 valence electrons. The van der Waals surface area contributed by atoms with Crippen molar-refractivity contribution in [2.24, 2.45) is 5.41 Å². The SMILES string of the molecule is CC(NC(=O)/C=C/c1cccc(N)c1)C(C)(C)C. The van der Waals surface area contributed by atoms with E-state index in [0.717, 1.165) is 5.56 Å². The second-order valence-corrected chi connectivity index (χ2v) is 5.60. The van der Waals surface area contributed by atoms with E-state index in [1.165, 1.54) is 6.08 Å². The van der Waals surface area contributed by atoms with Crippen LogP contribution in [0, 0.1) is 5.41 Å². The molecule has 1 aromatic carbocycles. The quantitative estimate of drug-likeness (QED) is 0.636. The van der Waals surface area contributed by atoms with Gasteiger partial charge in [0.15, 0.2) is 0 Å². The summed E-state index contributed by atoms with van der Waals surface area (Å²) in [6.07, 6.45) is 3.30. The fourth-order valence-electron chi connectivity index (χ4n) is 1.31. The van der Waals surface area contributed by atoms with Gasteiger partial charge in [-0.3, -0.25) is 4.79 Å². The molecule has 0 aromatic heterocycles. The van der Waals surface area contributed by atoms with Gasteiger partial charge in [0, 0.05) is 17.8 Å². The number of nitrogens with two attached hydrogens (primary N) is 1. The predicted molar refractivity (Wildman–Crippen MR) is 76.9 cm³/mol. The average molecular weight is 246 g/mol. The summed E-state index contributed by atoms with van der Waals surface area (Å²) in [7, 11) is 0. The highest BCUT2D eigenvalue weighted by molar-refractivity contribution is 5.92. The first-order chi connectivity index (χ1) is 8.29. The van der Waals surface area contributed by atoms with Crippen LogP contribution in [-0.2, 0) is 4.79 Å². The second kappa shape index (κ2) is 5.71. The van der Waals surface area contributed by atoms with E-state index in [2.05, 4.69) is 26.1 Å². The molecule has 1 aromatic rings. The van der Waals surface area contributed by atoms with Crippen LogP contribution in [0.3, 0.4) is 0 Å². The molecule has 0 bridgehead atoms. The van der Waals surface area contributed by atoms with Gasteiger partial charge >= 0.3 is 0 Å². The zero-order chi connectivity index (χ0) is 13.8. The lowest BCUT2D eigenvalue weighted by Crippen LogP contribution is -2.40. The lowest BCUT2D eigenvalue weighted by atomic mass is 9.88. The van der Waals surface area contributed by atoms with Crippen LogP contribution in [0.1, 0.15) is 33.3 Å². The maximum Gasteiger partial charge on any atom is 0.244 e. The third-order valence-electron chi connectivity index (χ3n) is 3.00. The zero-order valence-electron chi connectivity index (χ0n) is 11.5. The van der Waals surface area contributed by atoms with E-state index in [0.29, 0.717) is 5.69 Å². The first kappa shape index (κ1) is 14.3. The molecule has 3 N–H and O–H groups in total. The molecule has 1 atom stereocenters. The van der Waals surface area contributed by atoms with Crippen molar-refractivity contribution in [3.63, 3.8) is 0 Å². The number of nitrogen functional groups attached to an aromatic ring is 1. The maximum absolute atomic E-state index is 11.7. The van der Waals surface area contributed by atoms with E-state index in [-0.39, 0.29) is 17.4 Å². The fraction of sp³-hybridized carbons (Fsp3) is 0.400. The Balaban J connectivity index is 2.60. The molecule has 0 spiro atoms. The van der Waals surface area contributed by atoms with Gasteiger partial charge in [-0.25, -0.2) is 0 Å². The molecule has 3 heteroatoms. The molecule has 1 unspecified atom stereocenters. The summed E-state index contributed by atoms with van der Waals surface area (Å²) in [5.41, 5.74) is 7.34. The van der Waals surface area contributed by atoms with Gasteiger partial charge in [-0.05, 0) is 36.1 Å². The Morgan fingerprint density at radius 1 is 1.39 bits per heavy atom. The number of benzene rings is 1. The van der Waals surface area contributed by atoms with Gasteiger partial charge < -0.3 is 11.1 Å². The summed E-state index contributed by atoms with van der Waals surface area (Å²) < 4.78 is 0. The molecule has 0 aliphatic heterocycles. The van der Waals surface area contributed by atoms with E-state index in [1.54, 1.807) is 6.08 Å². The van der Waals surface area contributed by atoms with Crippen LogP contribution < -0.4 is 11.1 Å². The van der Waals surface area contributed by atoms with Crippen molar-refractivity contribution in [2.75, 3.05) is 5.73 Å². The number of amides is 1. The minimum absolute atomic E-state index is 0.0562. The van der Waals surface area contributed by atoms with E-state index in [9.17, 15) is 4.79 Å². The highest BCUT2D eigenvalue weighted by Crippen LogP contribution is 2.18. The number of carbonyl (C=O) groups is 1. The molecule has 18 heavy (non-hydrogen) atoms. The van der Waals surface area contributed by atoms with Crippen LogP contribution >= 0.6 is 0 Å². The number of hydrogen-bond acceptors (Lipinski definition) is 2. The van der Waals surface area contributed by atoms with Gasteiger partial charge in [-0.1, -0.05) is 32.9 Å². The fourth-order valence-corrected chi connectivity index (χ4v) is 1.31. The standard InChI is InChI=1S/C15H22N2O/c1-11(15(2,3)4)17-14(18)9-8-12-6-5-7-13(16)10-12/h5-11H,16H2,1-4H3,(H,17,18)/b9-8+. The number of nitrogens with one attached hydrogen (secondary N) is 1. The summed E-state index contributed by atoms with van der Waals surface area (Å²) in [4.78, 5) is 11.7. The minimum atomic E-state index is -0.0835. The van der Waals surface area contributed by atoms with Crippen molar-refractivity contribution in [3.05, 3.63) is 35.9 Å². The van der Waals surface area contributed by atoms with E-state index in [4.69, 9.17) is 5.73 Å². The maximum atomic E-state index is 11.7. The Bertz CT molecular complexity index is 444. The van der Waals surface area contributed by atoms with Crippen molar-refractivity contribution in [1.82, 2.24) is 5.32 Å². The van der Waals surface area contributed by atoms with Crippen LogP contribution in [0.5, 0.6) is 0 Å². The molecule has 0 saturated heterocycles. The first-order valence-corrected chi connectivity index (χ1v) is 6.13. The molecule has 0 aliphatic carbocycles. The third kappa shape index (κ3) is 4.62. The van der Waals surface area contributed by atoms with Gasteiger partial charge in [0.2, 0.25) is 5.91 Å². The highest BCUT2D eigenvalue weighted by Gasteiger charge is 2.20. The molecule has 0 radical (unpaired) electrons. The third-order valence-corrected chi connectivity index (χ3v) is 3.00. The van der Waals surface area contributed by atoms with Crippen LogP contribution in [0.4, 0.5) is 5.69 Å². The molecular weight excluding hydrogens is 224 g/mol. The van der Waals surface area contributed by atoms with Crippen molar-refractivity contribution in [1.29, 1.82) is 0 Å². The van der Waals surface area contributed by atoms with Crippen molar-refractivity contribution < 1.29 is 4.79 Å². The second-order valence-electron chi connectivity index (χ2n) is 5.60. The molecule has 3 nitrogen and oxygen atoms in total. The Morgan fingerprint density at radius 2 is 2.06 bits per heavy atom. The summed E-state index contributed by atoms with van der Waals surface area (Å²) in [6.45, 7) is 8.30.